The number of nitrogens with one attached hydrogen (secondary N) is 1. The predicted molar refractivity (Wildman–Crippen MR) is 81.3 cm³/mol. The first-order valence-electron chi connectivity index (χ1n) is 7.44. The van der Waals surface area contributed by atoms with Crippen LogP contribution in [0.5, 0.6) is 0 Å². The summed E-state index contributed by atoms with van der Waals surface area (Å²) in [5.41, 5.74) is 1.96. The Morgan fingerprint density at radius 2 is 1.84 bits per heavy atom. The normalized spacial score (nSPS) is 20.8. The van der Waals surface area contributed by atoms with Crippen LogP contribution in [-0.2, 0) is 6.54 Å². The van der Waals surface area contributed by atoms with Gasteiger partial charge in [0.2, 0.25) is 5.95 Å². The number of rotatable bonds is 5. The van der Waals surface area contributed by atoms with E-state index in [1.807, 2.05) is 0 Å². The second-order valence-electron chi connectivity index (χ2n) is 7.63. The Bertz CT molecular complexity index is 441. The molecule has 1 N–H and O–H groups in total. The molecule has 0 aromatic carbocycles. The first-order valence-corrected chi connectivity index (χ1v) is 7.44. The van der Waals surface area contributed by atoms with Crippen molar-refractivity contribution >= 4 is 5.95 Å². The maximum Gasteiger partial charge on any atom is 0.203 e. The van der Waals surface area contributed by atoms with Crippen LogP contribution in [0, 0.1) is 29.6 Å². The van der Waals surface area contributed by atoms with Gasteiger partial charge in [-0.2, -0.15) is 0 Å². The molecule has 1 aromatic rings. The second-order valence-corrected chi connectivity index (χ2v) is 7.63. The lowest BCUT2D eigenvalue weighted by Gasteiger charge is -2.12. The van der Waals surface area contributed by atoms with Crippen molar-refractivity contribution in [2.45, 2.75) is 55.0 Å². The second kappa shape index (κ2) is 4.53. The molecular formula is C16H29N3. The van der Waals surface area contributed by atoms with Crippen LogP contribution in [0.4, 0.5) is 5.95 Å². The average molecular weight is 263 g/mol. The van der Waals surface area contributed by atoms with E-state index >= 15 is 0 Å². The minimum Gasteiger partial charge on any atom is -0.355 e. The van der Waals surface area contributed by atoms with Crippen LogP contribution in [-0.4, -0.2) is 16.1 Å². The zero-order chi connectivity index (χ0) is 14.4. The van der Waals surface area contributed by atoms with Crippen molar-refractivity contribution < 1.29 is 0 Å². The van der Waals surface area contributed by atoms with E-state index in [1.165, 1.54) is 0 Å². The van der Waals surface area contributed by atoms with Gasteiger partial charge < -0.3 is 9.88 Å². The molecule has 0 bridgehead atoms. The Labute approximate surface area is 117 Å². The summed E-state index contributed by atoms with van der Waals surface area (Å²) in [6, 6.07) is 0. The van der Waals surface area contributed by atoms with E-state index in [-0.39, 0.29) is 0 Å². The van der Waals surface area contributed by atoms with Crippen LogP contribution in [0.1, 0.15) is 47.2 Å². The number of nitrogens with zero attached hydrogens (tertiary/aromatic N) is 2. The van der Waals surface area contributed by atoms with Crippen molar-refractivity contribution in [1.82, 2.24) is 9.55 Å². The molecule has 108 valence electrons. The Morgan fingerprint density at radius 1 is 1.26 bits per heavy atom. The Balaban J connectivity index is 2.01. The summed E-state index contributed by atoms with van der Waals surface area (Å²) in [6.07, 6.45) is 2.14. The van der Waals surface area contributed by atoms with Crippen molar-refractivity contribution in [3.8, 4) is 0 Å². The predicted octanol–water partition coefficient (Wildman–Crippen LogP) is 3.94. The summed E-state index contributed by atoms with van der Waals surface area (Å²) in [5.74, 6) is 2.40. The van der Waals surface area contributed by atoms with E-state index in [9.17, 15) is 0 Å². The molecule has 0 amide bonds. The summed E-state index contributed by atoms with van der Waals surface area (Å²) in [6.45, 7) is 18.1. The molecule has 3 heteroatoms. The van der Waals surface area contributed by atoms with Crippen molar-refractivity contribution in [2.24, 2.45) is 22.7 Å². The number of aromatic nitrogens is 2. The fourth-order valence-corrected chi connectivity index (χ4v) is 3.26. The molecule has 0 radical (unpaired) electrons. The summed E-state index contributed by atoms with van der Waals surface area (Å²) in [5, 5.41) is 3.56. The van der Waals surface area contributed by atoms with Gasteiger partial charge >= 0.3 is 0 Å². The lowest BCUT2D eigenvalue weighted by Crippen LogP contribution is -2.14. The van der Waals surface area contributed by atoms with Gasteiger partial charge in [-0.15, -0.1) is 0 Å². The lowest BCUT2D eigenvalue weighted by atomic mass is 10.0. The first kappa shape index (κ1) is 14.4. The largest absolute Gasteiger partial charge is 0.355 e. The Hall–Kier alpha value is -0.990. The molecule has 0 saturated heterocycles. The van der Waals surface area contributed by atoms with E-state index < -0.39 is 0 Å². The highest BCUT2D eigenvalue weighted by molar-refractivity contribution is 5.30. The van der Waals surface area contributed by atoms with Gasteiger partial charge in [-0.1, -0.05) is 41.5 Å². The number of aryl methyl sites for hydroxylation is 1. The van der Waals surface area contributed by atoms with Crippen LogP contribution >= 0.6 is 0 Å². The summed E-state index contributed by atoms with van der Waals surface area (Å²) in [4.78, 5) is 4.61. The maximum absolute atomic E-state index is 4.61. The van der Waals surface area contributed by atoms with Crippen LogP contribution in [0.3, 0.4) is 0 Å². The highest BCUT2D eigenvalue weighted by atomic mass is 15.2. The van der Waals surface area contributed by atoms with Crippen LogP contribution in [0.2, 0.25) is 0 Å². The molecule has 1 aliphatic rings. The molecule has 0 unspecified atom stereocenters. The van der Waals surface area contributed by atoms with Gasteiger partial charge in [-0.3, -0.25) is 0 Å². The minimum atomic E-state index is 0.435. The minimum absolute atomic E-state index is 0.435. The SMILES string of the molecule is Cc1cn(CC(C)C)c(NCC2C(C)(C)C2(C)C)n1. The number of hydrogen-bond donors (Lipinski definition) is 1. The van der Waals surface area contributed by atoms with Gasteiger partial charge in [0.15, 0.2) is 0 Å². The maximum atomic E-state index is 4.61. The Kier molecular flexibility index (Phi) is 3.44. The monoisotopic (exact) mass is 263 g/mol. The number of anilines is 1. The van der Waals surface area contributed by atoms with Crippen molar-refractivity contribution in [3.63, 3.8) is 0 Å². The first-order chi connectivity index (χ1) is 8.66. The molecule has 3 nitrogen and oxygen atoms in total. The number of hydrogen-bond acceptors (Lipinski definition) is 2. The molecule has 1 aliphatic carbocycles. The highest BCUT2D eigenvalue weighted by Crippen LogP contribution is 2.68. The smallest absolute Gasteiger partial charge is 0.203 e. The third-order valence-corrected chi connectivity index (χ3v) is 5.24. The van der Waals surface area contributed by atoms with Crippen molar-refractivity contribution in [2.75, 3.05) is 11.9 Å². The molecule has 19 heavy (non-hydrogen) atoms. The van der Waals surface area contributed by atoms with Gasteiger partial charge in [0.05, 0.1) is 5.69 Å². The summed E-state index contributed by atoms with van der Waals surface area (Å²) < 4.78 is 2.25. The summed E-state index contributed by atoms with van der Waals surface area (Å²) >= 11 is 0. The van der Waals surface area contributed by atoms with Crippen LogP contribution < -0.4 is 5.32 Å². The van der Waals surface area contributed by atoms with Gasteiger partial charge in [0.25, 0.3) is 0 Å². The fourth-order valence-electron chi connectivity index (χ4n) is 3.26. The molecule has 1 saturated carbocycles. The lowest BCUT2D eigenvalue weighted by molar-refractivity contribution is 0.457. The Morgan fingerprint density at radius 3 is 2.32 bits per heavy atom. The molecule has 1 heterocycles. The van der Waals surface area contributed by atoms with Crippen LogP contribution in [0.25, 0.3) is 0 Å². The van der Waals surface area contributed by atoms with Crippen molar-refractivity contribution in [1.29, 1.82) is 0 Å². The molecule has 1 aromatic heterocycles. The standard InChI is InChI=1S/C16H29N3/c1-11(2)9-19-10-12(3)18-14(19)17-8-13-15(4,5)16(13,6)7/h10-11,13H,8-9H2,1-7H3,(H,17,18). The molecule has 0 spiro atoms. The molecule has 0 aliphatic heterocycles. The van der Waals surface area contributed by atoms with E-state index in [0.29, 0.717) is 16.7 Å². The fraction of sp³-hybridized carbons (Fsp3) is 0.812. The van der Waals surface area contributed by atoms with Crippen molar-refractivity contribution in [3.05, 3.63) is 11.9 Å². The molecule has 0 atom stereocenters. The molecule has 2 rings (SSSR count). The topological polar surface area (TPSA) is 29.9 Å². The van der Waals surface area contributed by atoms with Gasteiger partial charge in [0, 0.05) is 19.3 Å². The highest BCUT2D eigenvalue weighted by Gasteiger charge is 2.64. The third-order valence-electron chi connectivity index (χ3n) is 5.24. The van der Waals surface area contributed by atoms with Crippen LogP contribution in [0.15, 0.2) is 6.20 Å². The van der Waals surface area contributed by atoms with Gasteiger partial charge in [-0.05, 0) is 29.6 Å². The zero-order valence-corrected chi connectivity index (χ0v) is 13.5. The quantitative estimate of drug-likeness (QED) is 0.872. The van der Waals surface area contributed by atoms with E-state index in [2.05, 4.69) is 69.5 Å². The van der Waals surface area contributed by atoms with Gasteiger partial charge in [-0.25, -0.2) is 4.98 Å². The van der Waals surface area contributed by atoms with Gasteiger partial charge in [0.1, 0.15) is 0 Å². The number of imidazole rings is 1. The van der Waals surface area contributed by atoms with E-state index in [1.54, 1.807) is 0 Å². The summed E-state index contributed by atoms with van der Waals surface area (Å²) in [7, 11) is 0. The van der Waals surface area contributed by atoms with E-state index in [0.717, 1.165) is 30.6 Å². The third kappa shape index (κ3) is 2.52. The molecular weight excluding hydrogens is 234 g/mol. The molecule has 1 fully saturated rings. The zero-order valence-electron chi connectivity index (χ0n) is 13.5. The average Bonchev–Trinajstić information content (AvgIpc) is 2.53. The van der Waals surface area contributed by atoms with E-state index in [4.69, 9.17) is 0 Å².